The Morgan fingerprint density at radius 1 is 0.864 bits per heavy atom. The molecule has 7 heteroatoms. The van der Waals surface area contributed by atoms with Gasteiger partial charge in [-0.15, -0.1) is 0 Å². The number of hydrogen-bond acceptors (Lipinski definition) is 5. The Labute approximate surface area is 131 Å². The van der Waals surface area contributed by atoms with Crippen LogP contribution in [-0.2, 0) is 9.59 Å². The number of carboxylic acid groups (broad SMARTS) is 2. The molecule has 0 aromatic heterocycles. The summed E-state index contributed by atoms with van der Waals surface area (Å²) in [5, 5.41) is 41.4. The molecule has 0 aliphatic carbocycles. The zero-order valence-electron chi connectivity index (χ0n) is 13.3. The molecule has 0 radical (unpaired) electrons. The number of carboxylic acids is 2. The SMILES string of the molecule is C=C(C)C(=O)O.C=C(C)C(=O)O.OCCCCC(CO)CO. The molecule has 7 nitrogen and oxygen atoms in total. The van der Waals surface area contributed by atoms with E-state index in [0.29, 0.717) is 0 Å². The third kappa shape index (κ3) is 23.4. The highest BCUT2D eigenvalue weighted by molar-refractivity contribution is 5.85. The summed E-state index contributed by atoms with van der Waals surface area (Å²) in [4.78, 5) is 19.2. The molecule has 0 amide bonds. The second-order valence-corrected chi connectivity index (χ2v) is 4.62. The molecule has 0 aromatic rings. The number of carbonyl (C=O) groups is 2. The van der Waals surface area contributed by atoms with Gasteiger partial charge in [-0.3, -0.25) is 0 Å². The van der Waals surface area contributed by atoms with Gasteiger partial charge in [0.05, 0.1) is 0 Å². The highest BCUT2D eigenvalue weighted by Crippen LogP contribution is 2.05. The van der Waals surface area contributed by atoms with Crippen molar-refractivity contribution in [3.8, 4) is 0 Å². The number of aliphatic carboxylic acids is 2. The Hall–Kier alpha value is -1.70. The normalized spacial score (nSPS) is 9.00. The number of aliphatic hydroxyl groups is 3. The number of rotatable bonds is 8. The molecular weight excluding hydrogens is 292 g/mol. The minimum atomic E-state index is -0.935. The first-order chi connectivity index (χ1) is 10.1. The fraction of sp³-hybridized carbons (Fsp3) is 0.600. The van der Waals surface area contributed by atoms with Crippen molar-refractivity contribution in [3.05, 3.63) is 24.3 Å². The molecule has 22 heavy (non-hydrogen) atoms. The molecule has 0 aliphatic heterocycles. The van der Waals surface area contributed by atoms with Gasteiger partial charge < -0.3 is 25.5 Å². The lowest BCUT2D eigenvalue weighted by Gasteiger charge is -2.08. The molecule has 5 N–H and O–H groups in total. The summed E-state index contributed by atoms with van der Waals surface area (Å²) in [5.74, 6) is -1.86. The Bertz CT molecular complexity index is 285. The van der Waals surface area contributed by atoms with Gasteiger partial charge in [0.25, 0.3) is 0 Å². The molecule has 0 bridgehead atoms. The second kappa shape index (κ2) is 17.4. The van der Waals surface area contributed by atoms with Crippen molar-refractivity contribution < 1.29 is 35.1 Å². The summed E-state index contributed by atoms with van der Waals surface area (Å²) in [7, 11) is 0. The zero-order valence-corrected chi connectivity index (χ0v) is 13.3. The van der Waals surface area contributed by atoms with Gasteiger partial charge in [0, 0.05) is 36.9 Å². The monoisotopic (exact) mass is 320 g/mol. The fourth-order valence-corrected chi connectivity index (χ4v) is 0.785. The fourth-order valence-electron chi connectivity index (χ4n) is 0.785. The maximum Gasteiger partial charge on any atom is 0.330 e. The number of aliphatic hydroxyl groups excluding tert-OH is 3. The van der Waals surface area contributed by atoms with E-state index in [9.17, 15) is 9.59 Å². The minimum Gasteiger partial charge on any atom is -0.478 e. The van der Waals surface area contributed by atoms with Crippen molar-refractivity contribution in [2.24, 2.45) is 5.92 Å². The molecule has 0 unspecified atom stereocenters. The topological polar surface area (TPSA) is 135 Å². The molecule has 0 saturated carbocycles. The summed E-state index contributed by atoms with van der Waals surface area (Å²) < 4.78 is 0. The molecule has 0 aliphatic rings. The van der Waals surface area contributed by atoms with Crippen molar-refractivity contribution in [1.29, 1.82) is 0 Å². The lowest BCUT2D eigenvalue weighted by atomic mass is 10.0. The Morgan fingerprint density at radius 3 is 1.36 bits per heavy atom. The highest BCUT2D eigenvalue weighted by Gasteiger charge is 2.03. The average molecular weight is 320 g/mol. The van der Waals surface area contributed by atoms with Crippen molar-refractivity contribution in [3.63, 3.8) is 0 Å². The van der Waals surface area contributed by atoms with Crippen molar-refractivity contribution in [1.82, 2.24) is 0 Å². The van der Waals surface area contributed by atoms with E-state index in [1.807, 2.05) is 0 Å². The summed E-state index contributed by atoms with van der Waals surface area (Å²) in [6.07, 6.45) is 2.44. The molecule has 0 spiro atoms. The first-order valence-corrected chi connectivity index (χ1v) is 6.74. The molecule has 0 atom stereocenters. The average Bonchev–Trinajstić information content (AvgIpc) is 2.45. The predicted octanol–water partition coefficient (Wildman–Crippen LogP) is 1.04. The van der Waals surface area contributed by atoms with Gasteiger partial charge in [-0.1, -0.05) is 19.6 Å². The van der Waals surface area contributed by atoms with Gasteiger partial charge in [0.2, 0.25) is 0 Å². The van der Waals surface area contributed by atoms with E-state index in [1.54, 1.807) is 0 Å². The number of unbranched alkanes of at least 4 members (excludes halogenated alkanes) is 1. The van der Waals surface area contributed by atoms with E-state index in [1.165, 1.54) is 13.8 Å². The van der Waals surface area contributed by atoms with Crippen molar-refractivity contribution in [2.45, 2.75) is 33.1 Å². The minimum absolute atomic E-state index is 0.00606. The predicted molar refractivity (Wildman–Crippen MR) is 83.5 cm³/mol. The van der Waals surface area contributed by atoms with Crippen LogP contribution in [0.15, 0.2) is 24.3 Å². The maximum atomic E-state index is 9.60. The zero-order chi connectivity index (χ0) is 18.1. The smallest absolute Gasteiger partial charge is 0.330 e. The first-order valence-electron chi connectivity index (χ1n) is 6.74. The van der Waals surface area contributed by atoms with Crippen LogP contribution in [-0.4, -0.2) is 57.3 Å². The first kappa shape index (κ1) is 25.3. The summed E-state index contributed by atoms with van der Waals surface area (Å²) >= 11 is 0. The van der Waals surface area contributed by atoms with Crippen molar-refractivity contribution in [2.75, 3.05) is 19.8 Å². The van der Waals surface area contributed by atoms with E-state index in [4.69, 9.17) is 25.5 Å². The molecule has 0 saturated heterocycles. The van der Waals surface area contributed by atoms with Gasteiger partial charge >= 0.3 is 11.9 Å². The second-order valence-electron chi connectivity index (χ2n) is 4.62. The lowest BCUT2D eigenvalue weighted by molar-refractivity contribution is -0.133. The molecular formula is C15H28O7. The highest BCUT2D eigenvalue weighted by atomic mass is 16.4. The van der Waals surface area contributed by atoms with E-state index in [0.717, 1.165) is 19.3 Å². The molecule has 0 rings (SSSR count). The van der Waals surface area contributed by atoms with Gasteiger partial charge in [-0.2, -0.15) is 0 Å². The van der Waals surface area contributed by atoms with E-state index in [-0.39, 0.29) is 36.9 Å². The Morgan fingerprint density at radius 2 is 1.18 bits per heavy atom. The summed E-state index contributed by atoms with van der Waals surface area (Å²) in [6.45, 7) is 9.49. The van der Waals surface area contributed by atoms with Crippen LogP contribution >= 0.6 is 0 Å². The van der Waals surface area contributed by atoms with Gasteiger partial charge in [-0.25, -0.2) is 9.59 Å². The van der Waals surface area contributed by atoms with Crippen LogP contribution in [0.1, 0.15) is 33.1 Å². The molecule has 0 fully saturated rings. The standard InChI is InChI=1S/C7H16O3.2C4H6O2/c8-4-2-1-3-7(5-9)6-10;2*1-3(2)4(5)6/h7-10H,1-6H2;2*1H2,2H3,(H,5,6). The van der Waals surface area contributed by atoms with Crippen LogP contribution in [0, 0.1) is 5.92 Å². The van der Waals surface area contributed by atoms with Crippen LogP contribution in [0.5, 0.6) is 0 Å². The van der Waals surface area contributed by atoms with Crippen LogP contribution < -0.4 is 0 Å². The Kier molecular flexibility index (Phi) is 19.9. The van der Waals surface area contributed by atoms with Gasteiger partial charge in [0.1, 0.15) is 0 Å². The van der Waals surface area contributed by atoms with Gasteiger partial charge in [-0.05, 0) is 26.7 Å². The summed E-state index contributed by atoms with van der Waals surface area (Å²) in [6, 6.07) is 0. The molecule has 130 valence electrons. The van der Waals surface area contributed by atoms with Crippen molar-refractivity contribution >= 4 is 11.9 Å². The van der Waals surface area contributed by atoms with E-state index < -0.39 is 11.9 Å². The lowest BCUT2D eigenvalue weighted by Crippen LogP contribution is -2.10. The van der Waals surface area contributed by atoms with Gasteiger partial charge in [0.15, 0.2) is 0 Å². The maximum absolute atomic E-state index is 9.60. The van der Waals surface area contributed by atoms with E-state index in [2.05, 4.69) is 13.2 Å². The third-order valence-electron chi connectivity index (χ3n) is 2.27. The third-order valence-corrected chi connectivity index (χ3v) is 2.27. The quantitative estimate of drug-likeness (QED) is 0.333. The van der Waals surface area contributed by atoms with Crippen LogP contribution in [0.3, 0.4) is 0 Å². The largest absolute Gasteiger partial charge is 0.478 e. The molecule has 0 heterocycles. The Balaban J connectivity index is -0.000000261. The van der Waals surface area contributed by atoms with Crippen LogP contribution in [0.4, 0.5) is 0 Å². The molecule has 0 aromatic carbocycles. The summed E-state index contributed by atoms with van der Waals surface area (Å²) in [5.41, 5.74) is 0.352. The van der Waals surface area contributed by atoms with Crippen LogP contribution in [0.2, 0.25) is 0 Å². The van der Waals surface area contributed by atoms with E-state index >= 15 is 0 Å². The van der Waals surface area contributed by atoms with Crippen LogP contribution in [0.25, 0.3) is 0 Å². The number of hydrogen-bond donors (Lipinski definition) is 5.